The van der Waals surface area contributed by atoms with Crippen molar-refractivity contribution in [1.29, 1.82) is 0 Å². The number of hydrogen-bond donors (Lipinski definition) is 0. The number of hydrogen-bond acceptors (Lipinski definition) is 10. The zero-order valence-corrected chi connectivity index (χ0v) is 35.1. The Kier molecular flexibility index (Phi) is 9.06. The monoisotopic (exact) mass is 908 g/mol. The van der Waals surface area contributed by atoms with E-state index in [0.717, 1.165) is 25.7 Å². The zero-order chi connectivity index (χ0) is 43.8. The Balaban J connectivity index is 0.770. The summed E-state index contributed by atoms with van der Waals surface area (Å²) in [4.78, 5) is 29.0. The molecule has 0 N–H and O–H groups in total. The normalized spacial score (nSPS) is 53.5. The lowest BCUT2D eigenvalue weighted by Crippen LogP contribution is -2.67. The van der Waals surface area contributed by atoms with Gasteiger partial charge in [0.1, 0.15) is 26.4 Å². The van der Waals surface area contributed by atoms with Crippen molar-refractivity contribution < 1.29 is 82.6 Å². The average molecular weight is 909 g/mol. The number of rotatable bonds is 6. The Bertz CT molecular complexity index is 1700. The molecule has 15 rings (SSSR count). The van der Waals surface area contributed by atoms with E-state index in [0.29, 0.717) is 50.4 Å². The number of halogens is 8. The van der Waals surface area contributed by atoms with Crippen LogP contribution in [0.25, 0.3) is 0 Å². The molecule has 0 aromatic carbocycles. The molecule has 15 fully saturated rings. The number of carbonyl (C=O) groups is 2. The summed E-state index contributed by atoms with van der Waals surface area (Å²) in [5.74, 6) is -10.9. The van der Waals surface area contributed by atoms with Gasteiger partial charge in [-0.25, -0.2) is 0 Å². The van der Waals surface area contributed by atoms with Crippen LogP contribution in [0.4, 0.5) is 35.1 Å². The molecule has 18 heteroatoms. The van der Waals surface area contributed by atoms with Gasteiger partial charge in [0.15, 0.2) is 5.79 Å². The molecule has 0 aromatic heterocycles. The van der Waals surface area contributed by atoms with Gasteiger partial charge in [-0.15, -0.1) is 0 Å². The van der Waals surface area contributed by atoms with E-state index in [9.17, 15) is 44.7 Å². The fourth-order valence-corrected chi connectivity index (χ4v) is 16.8. The lowest BCUT2D eigenvalue weighted by Gasteiger charge is -2.63. The molecule has 63 heavy (non-hydrogen) atoms. The second-order valence-corrected chi connectivity index (χ2v) is 23.0. The van der Waals surface area contributed by atoms with Crippen LogP contribution in [0.5, 0.6) is 0 Å². The molecule has 3 heterocycles. The Morgan fingerprint density at radius 2 is 0.778 bits per heavy atom. The molecule has 4 atom stereocenters. The van der Waals surface area contributed by atoms with Crippen molar-refractivity contribution in [3.05, 3.63) is 0 Å². The average Bonchev–Trinajstić information content (AvgIpc) is 3.38. The smallest absolute Gasteiger partial charge is 0.421 e. The van der Waals surface area contributed by atoms with E-state index in [1.807, 2.05) is 0 Å². The summed E-state index contributed by atoms with van der Waals surface area (Å²) in [6.45, 7) is -4.61. The summed E-state index contributed by atoms with van der Waals surface area (Å²) in [6, 6.07) is 0. The molecule has 12 saturated carbocycles. The van der Waals surface area contributed by atoms with E-state index < -0.39 is 119 Å². The van der Waals surface area contributed by atoms with E-state index in [-0.39, 0.29) is 75.8 Å². The number of esters is 2. The van der Waals surface area contributed by atoms with Gasteiger partial charge >= 0.3 is 36.0 Å². The summed E-state index contributed by atoms with van der Waals surface area (Å²) in [5.41, 5.74) is -5.85. The molecule has 3 saturated heterocycles. The molecule has 0 aromatic rings. The van der Waals surface area contributed by atoms with E-state index in [1.54, 1.807) is 0 Å². The third kappa shape index (κ3) is 6.00. The van der Waals surface area contributed by atoms with Crippen LogP contribution in [0, 0.1) is 75.4 Å². The highest BCUT2D eigenvalue weighted by Crippen LogP contribution is 2.68. The highest BCUT2D eigenvalue weighted by atomic mass is 19.3. The summed E-state index contributed by atoms with van der Waals surface area (Å²) >= 11 is 0. The fraction of sp³-hybridized carbons (Fsp3) is 0.956. The van der Waals surface area contributed by atoms with Crippen molar-refractivity contribution in [3.8, 4) is 0 Å². The number of ether oxygens (including phenoxy) is 8. The lowest BCUT2D eigenvalue weighted by atomic mass is 9.44. The molecule has 12 aliphatic carbocycles. The molecule has 352 valence electrons. The largest absolute Gasteiger partial charge is 0.464 e. The summed E-state index contributed by atoms with van der Waals surface area (Å²) in [6.07, 6.45) is -0.122. The van der Waals surface area contributed by atoms with E-state index in [4.69, 9.17) is 28.4 Å². The molecule has 4 unspecified atom stereocenters. The highest BCUT2D eigenvalue weighted by Gasteiger charge is 2.73. The van der Waals surface area contributed by atoms with Crippen LogP contribution in [0.3, 0.4) is 0 Å². The van der Waals surface area contributed by atoms with Crippen LogP contribution in [0.15, 0.2) is 0 Å². The van der Waals surface area contributed by atoms with Crippen LogP contribution in [-0.4, -0.2) is 106 Å². The molecule has 10 nitrogen and oxygen atoms in total. The molecule has 15 aliphatic rings. The Morgan fingerprint density at radius 3 is 1.16 bits per heavy atom. The van der Waals surface area contributed by atoms with Gasteiger partial charge in [0.25, 0.3) is 0 Å². The van der Waals surface area contributed by atoms with Crippen molar-refractivity contribution in [2.45, 2.75) is 137 Å². The van der Waals surface area contributed by atoms with Gasteiger partial charge in [0, 0.05) is 11.8 Å². The molecule has 0 radical (unpaired) electrons. The zero-order valence-electron chi connectivity index (χ0n) is 35.1. The topological polar surface area (TPSA) is 108 Å². The fourth-order valence-electron chi connectivity index (χ4n) is 16.8. The van der Waals surface area contributed by atoms with Crippen LogP contribution < -0.4 is 0 Å². The molecule has 12 bridgehead atoms. The van der Waals surface area contributed by atoms with Crippen molar-refractivity contribution in [2.75, 3.05) is 52.9 Å². The van der Waals surface area contributed by atoms with Crippen LogP contribution in [-0.2, 0) is 47.5 Å². The summed E-state index contributed by atoms with van der Waals surface area (Å²) in [7, 11) is 0. The van der Waals surface area contributed by atoms with Gasteiger partial charge in [0.2, 0.25) is 0 Å². The Labute approximate surface area is 359 Å². The van der Waals surface area contributed by atoms with Gasteiger partial charge in [-0.3, -0.25) is 9.59 Å². The maximum absolute atomic E-state index is 14.5. The minimum Gasteiger partial charge on any atom is -0.464 e. The van der Waals surface area contributed by atoms with E-state index in [1.165, 1.54) is 6.42 Å². The quantitative estimate of drug-likeness (QED) is 0.193. The number of alkyl halides is 8. The van der Waals surface area contributed by atoms with Gasteiger partial charge in [-0.1, -0.05) is 0 Å². The van der Waals surface area contributed by atoms with Gasteiger partial charge in [0.05, 0.1) is 53.9 Å². The van der Waals surface area contributed by atoms with Crippen molar-refractivity contribution in [2.24, 2.45) is 75.4 Å². The van der Waals surface area contributed by atoms with Crippen LogP contribution in [0.2, 0.25) is 0 Å². The second-order valence-electron chi connectivity index (χ2n) is 23.0. The first-order chi connectivity index (χ1) is 29.6. The molecule has 0 amide bonds. The first-order valence-corrected chi connectivity index (χ1v) is 23.3. The summed E-state index contributed by atoms with van der Waals surface area (Å²) in [5, 5.41) is 0. The highest BCUT2D eigenvalue weighted by molar-refractivity contribution is 5.78. The predicted octanol–water partition coefficient (Wildman–Crippen LogP) is 7.94. The standard InChI is InChI=1S/C45H56F8O10/c46-41(47)22-58-39(20-62-44(41,50)51)30-6-26-7-31(39)13-37(10-26,12-30)34(54)56-16-36(18-60-43(61-19-36)28-2-24-1-25(4-28)5-29(43)3-24)17-57-35(55)38-11-27-8-32(14-38)40(33(9-27)15-38)21-63-45(52,53)42(48,49)23-59-40/h24-33H,1-23H2. The first kappa shape index (κ1) is 42.5. The number of carbonyl (C=O) groups excluding carboxylic acids is 2. The second kappa shape index (κ2) is 13.4. The SMILES string of the molecule is O=C(OCC1(COC(=O)C23CC4CC(C2)C2(COC(F)(F)C(F)(F)CO2)C(C4)C3)COC2(OC1)C1CC3CC(C1)CC2C3)C12CC3CC(C1)C1(COC(F)(F)C(F)(F)CO1)C(C3)C2. The maximum Gasteiger partial charge on any atom is 0.421 e. The van der Waals surface area contributed by atoms with Crippen molar-refractivity contribution >= 4 is 11.9 Å². The van der Waals surface area contributed by atoms with Gasteiger partial charge < -0.3 is 37.9 Å². The third-order valence-electron chi connectivity index (χ3n) is 19.4. The van der Waals surface area contributed by atoms with Crippen molar-refractivity contribution in [1.82, 2.24) is 0 Å². The van der Waals surface area contributed by atoms with Gasteiger partial charge in [-0.2, -0.15) is 35.1 Å². The van der Waals surface area contributed by atoms with E-state index in [2.05, 4.69) is 9.47 Å². The van der Waals surface area contributed by atoms with Crippen molar-refractivity contribution in [3.63, 3.8) is 0 Å². The van der Waals surface area contributed by atoms with E-state index >= 15 is 0 Å². The minimum atomic E-state index is -4.68. The van der Waals surface area contributed by atoms with Crippen LogP contribution in [0.1, 0.15) is 96.3 Å². The molecular formula is C45H56F8O10. The predicted molar refractivity (Wildman–Crippen MR) is 197 cm³/mol. The third-order valence-corrected chi connectivity index (χ3v) is 19.4. The molecule has 3 spiro atoms. The van der Waals surface area contributed by atoms with Crippen LogP contribution >= 0.6 is 0 Å². The lowest BCUT2D eigenvalue weighted by molar-refractivity contribution is -0.385. The Hall–Kier alpha value is -1.86. The van der Waals surface area contributed by atoms with Gasteiger partial charge in [-0.05, 0) is 144 Å². The Morgan fingerprint density at radius 1 is 0.413 bits per heavy atom. The minimum absolute atomic E-state index is 0.0453. The molecule has 3 aliphatic heterocycles. The maximum atomic E-state index is 14.5. The molecular weight excluding hydrogens is 852 g/mol. The first-order valence-electron chi connectivity index (χ1n) is 23.3. The summed E-state index contributed by atoms with van der Waals surface area (Å²) < 4.78 is 162.